The van der Waals surface area contributed by atoms with E-state index in [1.165, 1.54) is 18.2 Å². The lowest BCUT2D eigenvalue weighted by Gasteiger charge is -2.35. The van der Waals surface area contributed by atoms with Crippen LogP contribution in [0.3, 0.4) is 0 Å². The summed E-state index contributed by atoms with van der Waals surface area (Å²) < 4.78 is 75.1. The number of carbonyl (C=O) groups is 2. The summed E-state index contributed by atoms with van der Waals surface area (Å²) in [7, 11) is 0. The number of hydrogen-bond acceptors (Lipinski definition) is 8. The molecule has 10 nitrogen and oxygen atoms in total. The average molecular weight is 732 g/mol. The lowest BCUT2D eigenvalue weighted by Crippen LogP contribution is -2.47. The van der Waals surface area contributed by atoms with Gasteiger partial charge in [-0.25, -0.2) is 23.4 Å². The summed E-state index contributed by atoms with van der Waals surface area (Å²) in [4.78, 5) is 41.8. The first-order valence-electron chi connectivity index (χ1n) is 16.1. The normalized spacial score (nSPS) is 19.5. The van der Waals surface area contributed by atoms with Crippen LogP contribution in [-0.4, -0.2) is 55.3 Å². The van der Waals surface area contributed by atoms with E-state index in [-0.39, 0.29) is 41.5 Å². The molecule has 0 radical (unpaired) electrons. The van der Waals surface area contributed by atoms with Crippen molar-refractivity contribution < 1.29 is 36.3 Å². The summed E-state index contributed by atoms with van der Waals surface area (Å²) in [5, 5.41) is 5.57. The SMILES string of the molecule is Cc1nccc2cc([C@@]3(CC(C)(C)C)N=C(N)N([C@H](COC(=O)CC4(C(F)(F)F)CC4)c4ccc(Cl)c(-n5ncnc5C(F)F)c4)C3=O)ccc12. The third kappa shape index (κ3) is 6.75. The number of fused-ring (bicyclic) bond motifs is 1. The van der Waals surface area contributed by atoms with E-state index in [0.29, 0.717) is 5.56 Å². The number of aliphatic imine (C=N–C) groups is 1. The van der Waals surface area contributed by atoms with Gasteiger partial charge in [-0.1, -0.05) is 50.6 Å². The van der Waals surface area contributed by atoms with Crippen molar-refractivity contribution in [3.05, 3.63) is 82.7 Å². The molecule has 1 amide bonds. The fourth-order valence-electron chi connectivity index (χ4n) is 6.68. The third-order valence-corrected chi connectivity index (χ3v) is 9.68. The van der Waals surface area contributed by atoms with Crippen LogP contribution < -0.4 is 5.73 Å². The van der Waals surface area contributed by atoms with Crippen molar-refractivity contribution in [1.29, 1.82) is 0 Å². The summed E-state index contributed by atoms with van der Waals surface area (Å²) in [6.07, 6.45) is -6.16. The van der Waals surface area contributed by atoms with Gasteiger partial charge < -0.3 is 10.5 Å². The maximum absolute atomic E-state index is 14.9. The van der Waals surface area contributed by atoms with Crippen molar-refractivity contribution in [3.63, 3.8) is 0 Å². The van der Waals surface area contributed by atoms with Crippen LogP contribution in [0.15, 0.2) is 60.0 Å². The van der Waals surface area contributed by atoms with Gasteiger partial charge in [0.05, 0.1) is 28.6 Å². The number of esters is 1. The number of aryl methyl sites for hydroxylation is 1. The monoisotopic (exact) mass is 731 g/mol. The maximum Gasteiger partial charge on any atom is 0.395 e. The van der Waals surface area contributed by atoms with E-state index in [1.807, 2.05) is 45.9 Å². The molecule has 2 aromatic carbocycles. The number of pyridine rings is 1. The molecule has 1 saturated carbocycles. The minimum Gasteiger partial charge on any atom is -0.463 e. The molecule has 0 saturated heterocycles. The Morgan fingerprint density at radius 2 is 1.80 bits per heavy atom. The fraction of sp³-hybridized carbons (Fsp3) is 0.429. The molecule has 0 bridgehead atoms. The molecule has 6 rings (SSSR count). The Balaban J connectivity index is 1.44. The van der Waals surface area contributed by atoms with Gasteiger partial charge in [0.2, 0.25) is 0 Å². The zero-order valence-electron chi connectivity index (χ0n) is 28.1. The Hall–Kier alpha value is -4.66. The van der Waals surface area contributed by atoms with Crippen molar-refractivity contribution in [2.45, 2.75) is 77.6 Å². The minimum absolute atomic E-state index is 0.000149. The predicted octanol–water partition coefficient (Wildman–Crippen LogP) is 7.52. The second kappa shape index (κ2) is 12.8. The van der Waals surface area contributed by atoms with E-state index >= 15 is 0 Å². The van der Waals surface area contributed by atoms with Crippen LogP contribution in [-0.2, 0) is 19.9 Å². The first kappa shape index (κ1) is 36.1. The van der Waals surface area contributed by atoms with E-state index in [0.717, 1.165) is 32.4 Å². The lowest BCUT2D eigenvalue weighted by atomic mass is 9.75. The molecule has 2 N–H and O–H groups in total. The summed E-state index contributed by atoms with van der Waals surface area (Å²) in [5.74, 6) is -2.65. The number of rotatable bonds is 10. The summed E-state index contributed by atoms with van der Waals surface area (Å²) in [6.45, 7) is 7.03. The van der Waals surface area contributed by atoms with Crippen molar-refractivity contribution in [3.8, 4) is 5.69 Å². The summed E-state index contributed by atoms with van der Waals surface area (Å²) >= 11 is 6.43. The van der Waals surface area contributed by atoms with E-state index < -0.39 is 65.7 Å². The zero-order valence-corrected chi connectivity index (χ0v) is 28.9. The van der Waals surface area contributed by atoms with Crippen molar-refractivity contribution in [2.24, 2.45) is 21.6 Å². The molecule has 1 fully saturated rings. The quantitative estimate of drug-likeness (QED) is 0.132. The molecule has 2 atom stereocenters. The third-order valence-electron chi connectivity index (χ3n) is 9.36. The molecule has 2 aromatic heterocycles. The highest BCUT2D eigenvalue weighted by atomic mass is 35.5. The number of guanidine groups is 1. The molecule has 51 heavy (non-hydrogen) atoms. The van der Waals surface area contributed by atoms with Gasteiger partial charge in [0, 0.05) is 17.3 Å². The topological polar surface area (TPSA) is 129 Å². The number of nitrogens with two attached hydrogens (primary N) is 1. The number of alkyl halides is 5. The minimum atomic E-state index is -4.60. The Morgan fingerprint density at radius 1 is 1.08 bits per heavy atom. The molecule has 0 unspecified atom stereocenters. The summed E-state index contributed by atoms with van der Waals surface area (Å²) in [6, 6.07) is 10.2. The first-order valence-corrected chi connectivity index (χ1v) is 16.5. The highest BCUT2D eigenvalue weighted by molar-refractivity contribution is 6.32. The molecule has 4 aromatic rings. The van der Waals surface area contributed by atoms with Gasteiger partial charge >= 0.3 is 12.1 Å². The second-order valence-electron chi connectivity index (χ2n) is 14.3. The van der Waals surface area contributed by atoms with Crippen molar-refractivity contribution in [1.82, 2.24) is 24.6 Å². The van der Waals surface area contributed by atoms with Crippen LogP contribution in [0, 0.1) is 17.8 Å². The largest absolute Gasteiger partial charge is 0.463 e. The van der Waals surface area contributed by atoms with Gasteiger partial charge in [-0.05, 0) is 72.4 Å². The molecule has 1 aliphatic heterocycles. The molecular formula is C35H35ClF5N7O3. The van der Waals surface area contributed by atoms with Gasteiger partial charge in [0.1, 0.15) is 12.9 Å². The standard InChI is InChI=1S/C35H35ClF5N7O3/c1-19-23-7-6-22(13-20(23)9-12-43-19)34(17-32(2,3)4)30(50)47(31(42)46-34)26(16-51-27(49)15-33(10-11-33)35(39,40)41)21-5-8-24(36)25(14-21)48-29(28(37)38)44-18-45-48/h5-9,12-14,18,26,28H,10-11,15-17H2,1-4H3,(H2,42,46)/t26-,34-/m1/s1. The molecule has 1 aliphatic carbocycles. The van der Waals surface area contributed by atoms with Gasteiger partial charge in [-0.3, -0.25) is 19.5 Å². The van der Waals surface area contributed by atoms with Crippen molar-refractivity contribution in [2.75, 3.05) is 6.61 Å². The van der Waals surface area contributed by atoms with Crippen molar-refractivity contribution >= 4 is 40.2 Å². The van der Waals surface area contributed by atoms with E-state index in [9.17, 15) is 31.5 Å². The Kier molecular flexibility index (Phi) is 9.10. The smallest absolute Gasteiger partial charge is 0.395 e. The molecule has 0 spiro atoms. The van der Waals surface area contributed by atoms with Crippen LogP contribution in [0.2, 0.25) is 5.02 Å². The molecule has 270 valence electrons. The number of benzene rings is 2. The Bertz CT molecular complexity index is 2040. The van der Waals surface area contributed by atoms with E-state index in [2.05, 4.69) is 15.1 Å². The zero-order chi connectivity index (χ0) is 37.1. The highest BCUT2D eigenvalue weighted by Crippen LogP contribution is 2.60. The fourth-order valence-corrected chi connectivity index (χ4v) is 6.87. The van der Waals surface area contributed by atoms with E-state index in [1.54, 1.807) is 12.3 Å². The Morgan fingerprint density at radius 3 is 2.45 bits per heavy atom. The molecular weight excluding hydrogens is 697 g/mol. The van der Waals surface area contributed by atoms with Crippen LogP contribution in [0.25, 0.3) is 16.5 Å². The van der Waals surface area contributed by atoms with Crippen LogP contribution in [0.4, 0.5) is 22.0 Å². The number of hydrogen-bond donors (Lipinski definition) is 1. The highest BCUT2D eigenvalue weighted by Gasteiger charge is 2.64. The average Bonchev–Trinajstić information content (AvgIpc) is 3.59. The van der Waals surface area contributed by atoms with Gasteiger partial charge in [0.25, 0.3) is 12.3 Å². The number of carbonyl (C=O) groups excluding carboxylic acids is 2. The number of aromatic nitrogens is 4. The lowest BCUT2D eigenvalue weighted by molar-refractivity contribution is -0.195. The molecule has 2 aliphatic rings. The van der Waals surface area contributed by atoms with Crippen LogP contribution >= 0.6 is 11.6 Å². The number of halogens is 6. The van der Waals surface area contributed by atoms with Gasteiger partial charge in [0.15, 0.2) is 17.3 Å². The summed E-state index contributed by atoms with van der Waals surface area (Å²) in [5.41, 5.74) is 3.86. The molecule has 16 heteroatoms. The first-order chi connectivity index (χ1) is 23.9. The second-order valence-corrected chi connectivity index (χ2v) is 14.7. The van der Waals surface area contributed by atoms with E-state index in [4.69, 9.17) is 27.1 Å². The van der Waals surface area contributed by atoms with Crippen LogP contribution in [0.5, 0.6) is 0 Å². The number of ether oxygens (including phenoxy) is 1. The van der Waals surface area contributed by atoms with Gasteiger partial charge in [-0.15, -0.1) is 0 Å². The van der Waals surface area contributed by atoms with Gasteiger partial charge in [-0.2, -0.15) is 18.3 Å². The number of nitrogens with zero attached hydrogens (tertiary/aromatic N) is 6. The number of amides is 1. The Labute approximate surface area is 294 Å². The van der Waals surface area contributed by atoms with Crippen LogP contribution in [0.1, 0.15) is 81.6 Å². The maximum atomic E-state index is 14.9. The predicted molar refractivity (Wildman–Crippen MR) is 178 cm³/mol. The molecule has 3 heterocycles.